The van der Waals surface area contributed by atoms with Crippen molar-refractivity contribution in [2.45, 2.75) is 47.0 Å². The molecule has 0 aromatic heterocycles. The zero-order valence-corrected chi connectivity index (χ0v) is 24.1. The van der Waals surface area contributed by atoms with E-state index in [0.717, 1.165) is 29.5 Å². The van der Waals surface area contributed by atoms with Gasteiger partial charge in [0.1, 0.15) is 0 Å². The van der Waals surface area contributed by atoms with Gasteiger partial charge in [0, 0.05) is 17.2 Å². The van der Waals surface area contributed by atoms with Gasteiger partial charge in [-0.1, -0.05) is 88.4 Å². The van der Waals surface area contributed by atoms with E-state index in [2.05, 4.69) is 43.4 Å². The molecule has 41 heavy (non-hydrogen) atoms. The molecule has 5 nitrogen and oxygen atoms in total. The van der Waals surface area contributed by atoms with E-state index >= 15 is 0 Å². The minimum Gasteiger partial charge on any atom is -0.478 e. The van der Waals surface area contributed by atoms with Crippen LogP contribution in [0.3, 0.4) is 0 Å². The van der Waals surface area contributed by atoms with Gasteiger partial charge in [0.15, 0.2) is 5.78 Å². The lowest BCUT2D eigenvalue weighted by atomic mass is 9.95. The summed E-state index contributed by atoms with van der Waals surface area (Å²) in [4.78, 5) is 37.6. The molecule has 0 saturated carbocycles. The molecular weight excluding hydrogens is 510 g/mol. The van der Waals surface area contributed by atoms with E-state index in [-0.39, 0.29) is 22.8 Å². The van der Waals surface area contributed by atoms with Gasteiger partial charge in [-0.2, -0.15) is 0 Å². The fraction of sp³-hybridized carbons (Fsp3) is 0.250. The first-order valence-corrected chi connectivity index (χ1v) is 14.1. The van der Waals surface area contributed by atoms with Gasteiger partial charge in [-0.25, -0.2) is 4.79 Å². The number of carbonyl (C=O) groups excluding carboxylic acids is 2. The highest BCUT2D eigenvalue weighted by Gasteiger charge is 2.18. The Morgan fingerprint density at radius 2 is 1.22 bits per heavy atom. The van der Waals surface area contributed by atoms with Crippen molar-refractivity contribution in [3.63, 3.8) is 0 Å². The van der Waals surface area contributed by atoms with Gasteiger partial charge in [0.25, 0.3) is 5.91 Å². The number of aromatic carboxylic acids is 1. The highest BCUT2D eigenvalue weighted by molar-refractivity contribution is 6.10. The fourth-order valence-electron chi connectivity index (χ4n) is 4.88. The molecule has 0 aliphatic heterocycles. The highest BCUT2D eigenvalue weighted by Crippen LogP contribution is 2.21. The monoisotopic (exact) mass is 547 g/mol. The lowest BCUT2D eigenvalue weighted by Gasteiger charge is -2.12. The molecule has 0 heterocycles. The molecular formula is C36H37NO4. The summed E-state index contributed by atoms with van der Waals surface area (Å²) in [6.07, 6.45) is 2.31. The van der Waals surface area contributed by atoms with E-state index in [9.17, 15) is 19.5 Å². The standard InChI is InChI=1S/C36H37NO4/c1-23(2)18-25-8-10-26(11-9-25)19-27-12-15-31(16-13-27)37-35(39)33-22-29(14-17-32(33)36(40)41)20-28-6-5-7-30(21-28)34(38)24(3)4/h5-17,21-24H,18-20H2,1-4H3,(H,37,39)(H,40,41). The second kappa shape index (κ2) is 13.2. The van der Waals surface area contributed by atoms with Crippen molar-refractivity contribution in [3.8, 4) is 0 Å². The number of ketones is 1. The van der Waals surface area contributed by atoms with Gasteiger partial charge >= 0.3 is 5.97 Å². The average Bonchev–Trinajstić information content (AvgIpc) is 2.94. The maximum atomic E-state index is 13.2. The molecule has 0 fully saturated rings. The number of carbonyl (C=O) groups is 3. The van der Waals surface area contributed by atoms with Crippen LogP contribution < -0.4 is 5.32 Å². The number of hydrogen-bond acceptors (Lipinski definition) is 3. The van der Waals surface area contributed by atoms with Gasteiger partial charge in [-0.05, 0) is 83.3 Å². The summed E-state index contributed by atoms with van der Waals surface area (Å²) >= 11 is 0. The summed E-state index contributed by atoms with van der Waals surface area (Å²) in [6, 6.07) is 28.5. The van der Waals surface area contributed by atoms with Crippen molar-refractivity contribution in [2.75, 3.05) is 5.32 Å². The Labute approximate surface area is 242 Å². The molecule has 5 heteroatoms. The summed E-state index contributed by atoms with van der Waals surface area (Å²) in [6.45, 7) is 8.16. The number of hydrogen-bond donors (Lipinski definition) is 2. The third kappa shape index (κ3) is 8.01. The van der Waals surface area contributed by atoms with E-state index in [0.29, 0.717) is 23.6 Å². The largest absolute Gasteiger partial charge is 0.478 e. The lowest BCUT2D eigenvalue weighted by molar-refractivity contribution is 0.0692. The third-order valence-electron chi connectivity index (χ3n) is 6.99. The second-order valence-electron chi connectivity index (χ2n) is 11.3. The van der Waals surface area contributed by atoms with E-state index in [1.807, 2.05) is 56.3 Å². The van der Waals surface area contributed by atoms with E-state index in [1.165, 1.54) is 17.2 Å². The first-order valence-electron chi connectivity index (χ1n) is 14.1. The van der Waals surface area contributed by atoms with Crippen molar-refractivity contribution in [1.29, 1.82) is 0 Å². The van der Waals surface area contributed by atoms with E-state index < -0.39 is 11.9 Å². The van der Waals surface area contributed by atoms with Crippen molar-refractivity contribution in [2.24, 2.45) is 11.8 Å². The number of nitrogens with one attached hydrogen (secondary N) is 1. The summed E-state index contributed by atoms with van der Waals surface area (Å²) in [5.74, 6) is -1.07. The van der Waals surface area contributed by atoms with Crippen LogP contribution in [0.1, 0.15) is 86.6 Å². The van der Waals surface area contributed by atoms with Crippen LogP contribution in [0.4, 0.5) is 5.69 Å². The molecule has 210 valence electrons. The third-order valence-corrected chi connectivity index (χ3v) is 6.99. The Morgan fingerprint density at radius 3 is 1.83 bits per heavy atom. The molecule has 0 aliphatic carbocycles. The molecule has 1 amide bonds. The van der Waals surface area contributed by atoms with E-state index in [4.69, 9.17) is 0 Å². The zero-order valence-electron chi connectivity index (χ0n) is 24.1. The maximum Gasteiger partial charge on any atom is 0.336 e. The number of carboxylic acids is 1. The van der Waals surface area contributed by atoms with Crippen molar-refractivity contribution < 1.29 is 19.5 Å². The maximum absolute atomic E-state index is 13.2. The van der Waals surface area contributed by atoms with Gasteiger partial charge in [0.2, 0.25) is 0 Å². The topological polar surface area (TPSA) is 83.5 Å². The van der Waals surface area contributed by atoms with E-state index in [1.54, 1.807) is 18.2 Å². The molecule has 0 spiro atoms. The average molecular weight is 548 g/mol. The predicted octanol–water partition coefficient (Wildman–Crippen LogP) is 7.86. The predicted molar refractivity (Wildman–Crippen MR) is 164 cm³/mol. The van der Waals surface area contributed by atoms with Crippen LogP contribution in [0, 0.1) is 11.8 Å². The van der Waals surface area contributed by atoms with Crippen LogP contribution in [-0.2, 0) is 19.3 Å². The number of rotatable bonds is 11. The zero-order chi connectivity index (χ0) is 29.5. The molecule has 0 atom stereocenters. The summed E-state index contributed by atoms with van der Waals surface area (Å²) in [5, 5.41) is 12.6. The van der Waals surface area contributed by atoms with Gasteiger partial charge in [0.05, 0.1) is 11.1 Å². The second-order valence-corrected chi connectivity index (χ2v) is 11.3. The SMILES string of the molecule is CC(C)Cc1ccc(Cc2ccc(NC(=O)c3cc(Cc4cccc(C(=O)C(C)C)c4)ccc3C(=O)O)cc2)cc1. The number of benzene rings is 4. The Morgan fingerprint density at radius 1 is 0.659 bits per heavy atom. The van der Waals surface area contributed by atoms with Crippen molar-refractivity contribution >= 4 is 23.3 Å². The molecule has 0 aliphatic rings. The molecule has 4 rings (SSSR count). The Bertz CT molecular complexity index is 1530. The van der Waals surface area contributed by atoms with Crippen LogP contribution >= 0.6 is 0 Å². The van der Waals surface area contributed by atoms with Crippen LogP contribution in [0.15, 0.2) is 91.0 Å². The summed E-state index contributed by atoms with van der Waals surface area (Å²) in [5.41, 5.74) is 6.63. The van der Waals surface area contributed by atoms with Gasteiger partial charge < -0.3 is 10.4 Å². The first kappa shape index (κ1) is 29.5. The quantitative estimate of drug-likeness (QED) is 0.187. The molecule has 4 aromatic rings. The van der Waals surface area contributed by atoms with Crippen LogP contribution in [0.25, 0.3) is 0 Å². The fourth-order valence-corrected chi connectivity index (χ4v) is 4.88. The Hall–Kier alpha value is -4.51. The molecule has 2 N–H and O–H groups in total. The minimum atomic E-state index is -1.17. The first-order chi connectivity index (χ1) is 19.6. The number of Topliss-reactive ketones (excluding diaryl/α,β-unsaturated/α-hetero) is 1. The number of carboxylic acid groups (broad SMARTS) is 1. The highest BCUT2D eigenvalue weighted by atomic mass is 16.4. The van der Waals surface area contributed by atoms with Gasteiger partial charge in [-0.15, -0.1) is 0 Å². The molecule has 4 aromatic carbocycles. The Balaban J connectivity index is 1.47. The number of anilines is 1. The van der Waals surface area contributed by atoms with Crippen molar-refractivity contribution in [3.05, 3.63) is 136 Å². The van der Waals surface area contributed by atoms with Gasteiger partial charge in [-0.3, -0.25) is 9.59 Å². The molecule has 0 unspecified atom stereocenters. The smallest absolute Gasteiger partial charge is 0.336 e. The normalized spacial score (nSPS) is 11.1. The minimum absolute atomic E-state index is 0.0625. The molecule has 0 saturated heterocycles. The molecule has 0 bridgehead atoms. The van der Waals surface area contributed by atoms with Crippen LogP contribution in [-0.4, -0.2) is 22.8 Å². The van der Waals surface area contributed by atoms with Crippen molar-refractivity contribution in [1.82, 2.24) is 0 Å². The lowest BCUT2D eigenvalue weighted by Crippen LogP contribution is -2.17. The van der Waals surface area contributed by atoms with Crippen LogP contribution in [0.2, 0.25) is 0 Å². The Kier molecular flexibility index (Phi) is 9.51. The summed E-state index contributed by atoms with van der Waals surface area (Å²) < 4.78 is 0. The molecule has 0 radical (unpaired) electrons. The van der Waals surface area contributed by atoms with Crippen LogP contribution in [0.5, 0.6) is 0 Å². The number of amides is 1. The summed E-state index contributed by atoms with van der Waals surface area (Å²) in [7, 11) is 0.